The molecule has 2 fully saturated rings. The first-order valence-corrected chi connectivity index (χ1v) is 8.97. The standard InChI is InChI=1S/C17H32N2O3/c1-14(17(21)18-15-6-3-2-4-7-15)19-10-8-16(9-11-19)22-13-5-12-20/h14-16,20H,2-13H2,1H3,(H,18,21). The van der Waals surface area contributed by atoms with E-state index < -0.39 is 0 Å². The number of ether oxygens (including phenoxy) is 1. The fourth-order valence-electron chi connectivity index (χ4n) is 3.48. The Morgan fingerprint density at radius 1 is 1.23 bits per heavy atom. The van der Waals surface area contributed by atoms with Crippen LogP contribution in [-0.4, -0.2) is 60.4 Å². The zero-order valence-electron chi connectivity index (χ0n) is 13.9. The molecule has 5 nitrogen and oxygen atoms in total. The molecule has 0 aromatic heterocycles. The van der Waals surface area contributed by atoms with E-state index in [1.807, 2.05) is 6.92 Å². The van der Waals surface area contributed by atoms with Gasteiger partial charge in [0.2, 0.25) is 5.91 Å². The van der Waals surface area contributed by atoms with E-state index in [0.717, 1.165) is 38.8 Å². The van der Waals surface area contributed by atoms with Crippen molar-refractivity contribution in [2.45, 2.75) is 76.5 Å². The van der Waals surface area contributed by atoms with Crippen molar-refractivity contribution in [1.29, 1.82) is 0 Å². The van der Waals surface area contributed by atoms with E-state index >= 15 is 0 Å². The van der Waals surface area contributed by atoms with Crippen molar-refractivity contribution in [3.05, 3.63) is 0 Å². The number of hydrogen-bond donors (Lipinski definition) is 2. The van der Waals surface area contributed by atoms with E-state index in [9.17, 15) is 4.79 Å². The molecule has 1 aliphatic heterocycles. The van der Waals surface area contributed by atoms with Gasteiger partial charge in [-0.25, -0.2) is 0 Å². The zero-order chi connectivity index (χ0) is 15.8. The van der Waals surface area contributed by atoms with Crippen molar-refractivity contribution in [3.8, 4) is 0 Å². The molecule has 128 valence electrons. The predicted octanol–water partition coefficient (Wildman–Crippen LogP) is 1.69. The van der Waals surface area contributed by atoms with E-state index in [-0.39, 0.29) is 24.7 Å². The Bertz CT molecular complexity index is 324. The summed E-state index contributed by atoms with van der Waals surface area (Å²) in [4.78, 5) is 14.7. The van der Waals surface area contributed by atoms with Crippen LogP contribution in [0.5, 0.6) is 0 Å². The molecule has 0 aromatic rings. The second kappa shape index (κ2) is 9.48. The summed E-state index contributed by atoms with van der Waals surface area (Å²) in [6.45, 7) is 4.69. The van der Waals surface area contributed by atoms with Crippen LogP contribution in [-0.2, 0) is 9.53 Å². The number of aliphatic hydroxyl groups excluding tert-OH is 1. The summed E-state index contributed by atoms with van der Waals surface area (Å²) in [5.74, 6) is 0.187. The third kappa shape index (κ3) is 5.52. The molecular formula is C17H32N2O3. The number of carbonyl (C=O) groups is 1. The lowest BCUT2D eigenvalue weighted by Crippen LogP contribution is -2.51. The topological polar surface area (TPSA) is 61.8 Å². The Morgan fingerprint density at radius 2 is 1.91 bits per heavy atom. The molecule has 1 saturated heterocycles. The van der Waals surface area contributed by atoms with Crippen LogP contribution < -0.4 is 5.32 Å². The molecule has 1 saturated carbocycles. The van der Waals surface area contributed by atoms with Gasteiger partial charge in [-0.15, -0.1) is 0 Å². The smallest absolute Gasteiger partial charge is 0.237 e. The fourth-order valence-corrected chi connectivity index (χ4v) is 3.48. The normalized spacial score (nSPS) is 23.4. The molecule has 0 spiro atoms. The Hall–Kier alpha value is -0.650. The maximum atomic E-state index is 12.4. The van der Waals surface area contributed by atoms with Crippen molar-refractivity contribution in [2.75, 3.05) is 26.3 Å². The van der Waals surface area contributed by atoms with Gasteiger partial charge in [-0.2, -0.15) is 0 Å². The second-order valence-electron chi connectivity index (χ2n) is 6.70. The highest BCUT2D eigenvalue weighted by Crippen LogP contribution is 2.19. The summed E-state index contributed by atoms with van der Waals surface area (Å²) in [7, 11) is 0. The van der Waals surface area contributed by atoms with E-state index in [1.165, 1.54) is 19.3 Å². The molecular weight excluding hydrogens is 280 g/mol. The molecule has 2 aliphatic rings. The summed E-state index contributed by atoms with van der Waals surface area (Å²) >= 11 is 0. The summed E-state index contributed by atoms with van der Waals surface area (Å²) in [5, 5.41) is 12.0. The molecule has 2 N–H and O–H groups in total. The van der Waals surface area contributed by atoms with Gasteiger partial charge in [0.05, 0.1) is 12.1 Å². The van der Waals surface area contributed by atoms with Gasteiger partial charge >= 0.3 is 0 Å². The number of nitrogens with zero attached hydrogens (tertiary/aromatic N) is 1. The van der Waals surface area contributed by atoms with Crippen molar-refractivity contribution >= 4 is 5.91 Å². The Labute approximate surface area is 134 Å². The van der Waals surface area contributed by atoms with Crippen LogP contribution >= 0.6 is 0 Å². The van der Waals surface area contributed by atoms with Crippen LogP contribution in [0.2, 0.25) is 0 Å². The number of carbonyl (C=O) groups excluding carboxylic acids is 1. The summed E-state index contributed by atoms with van der Waals surface area (Å²) in [5.41, 5.74) is 0. The first-order valence-electron chi connectivity index (χ1n) is 8.97. The minimum Gasteiger partial charge on any atom is -0.396 e. The molecule has 0 radical (unpaired) electrons. The minimum atomic E-state index is -0.0414. The quantitative estimate of drug-likeness (QED) is 0.702. The predicted molar refractivity (Wildman–Crippen MR) is 86.7 cm³/mol. The third-order valence-electron chi connectivity index (χ3n) is 5.01. The monoisotopic (exact) mass is 312 g/mol. The van der Waals surface area contributed by atoms with Crippen LogP contribution in [0.15, 0.2) is 0 Å². The molecule has 1 unspecified atom stereocenters. The molecule has 1 amide bonds. The molecule has 1 heterocycles. The number of likely N-dealkylation sites (tertiary alicyclic amines) is 1. The number of nitrogens with one attached hydrogen (secondary N) is 1. The van der Waals surface area contributed by atoms with Crippen molar-refractivity contribution in [2.24, 2.45) is 0 Å². The molecule has 5 heteroatoms. The lowest BCUT2D eigenvalue weighted by atomic mass is 9.95. The Balaban J connectivity index is 1.67. The molecule has 0 aromatic carbocycles. The second-order valence-corrected chi connectivity index (χ2v) is 6.70. The average molecular weight is 312 g/mol. The van der Waals surface area contributed by atoms with Crippen LogP contribution in [0, 0.1) is 0 Å². The van der Waals surface area contributed by atoms with E-state index in [1.54, 1.807) is 0 Å². The number of rotatable bonds is 7. The van der Waals surface area contributed by atoms with Crippen molar-refractivity contribution < 1.29 is 14.6 Å². The van der Waals surface area contributed by atoms with Gasteiger partial charge in [0, 0.05) is 32.3 Å². The van der Waals surface area contributed by atoms with Gasteiger partial charge in [-0.05, 0) is 39.0 Å². The SMILES string of the molecule is CC(C(=O)NC1CCCCC1)N1CCC(OCCCO)CC1. The Kier molecular flexibility index (Phi) is 7.63. The Morgan fingerprint density at radius 3 is 2.55 bits per heavy atom. The molecule has 0 bridgehead atoms. The highest BCUT2D eigenvalue weighted by atomic mass is 16.5. The summed E-state index contributed by atoms with van der Waals surface area (Å²) in [6, 6.07) is 0.350. The largest absolute Gasteiger partial charge is 0.396 e. The van der Waals surface area contributed by atoms with Gasteiger partial charge in [0.25, 0.3) is 0 Å². The number of piperidine rings is 1. The first kappa shape index (κ1) is 17.7. The van der Waals surface area contributed by atoms with Gasteiger partial charge in [-0.1, -0.05) is 19.3 Å². The lowest BCUT2D eigenvalue weighted by molar-refractivity contribution is -0.128. The van der Waals surface area contributed by atoms with E-state index in [4.69, 9.17) is 9.84 Å². The van der Waals surface area contributed by atoms with Crippen LogP contribution in [0.1, 0.15) is 58.3 Å². The number of amides is 1. The first-order chi connectivity index (χ1) is 10.7. The average Bonchev–Trinajstić information content (AvgIpc) is 2.56. The van der Waals surface area contributed by atoms with Gasteiger partial charge in [-0.3, -0.25) is 9.69 Å². The summed E-state index contributed by atoms with van der Waals surface area (Å²) in [6.07, 6.45) is 9.03. The number of hydrogen-bond acceptors (Lipinski definition) is 4. The van der Waals surface area contributed by atoms with Crippen LogP contribution in [0.3, 0.4) is 0 Å². The molecule has 2 rings (SSSR count). The maximum absolute atomic E-state index is 12.4. The molecule has 1 aliphatic carbocycles. The minimum absolute atomic E-state index is 0.0414. The zero-order valence-corrected chi connectivity index (χ0v) is 13.9. The van der Waals surface area contributed by atoms with Gasteiger partial charge in [0.15, 0.2) is 0 Å². The lowest BCUT2D eigenvalue weighted by Gasteiger charge is -2.36. The summed E-state index contributed by atoms with van der Waals surface area (Å²) < 4.78 is 5.75. The van der Waals surface area contributed by atoms with Crippen LogP contribution in [0.4, 0.5) is 0 Å². The fraction of sp³-hybridized carbons (Fsp3) is 0.941. The van der Waals surface area contributed by atoms with Crippen molar-refractivity contribution in [3.63, 3.8) is 0 Å². The van der Waals surface area contributed by atoms with Gasteiger partial charge < -0.3 is 15.2 Å². The van der Waals surface area contributed by atoms with E-state index in [2.05, 4.69) is 10.2 Å². The number of aliphatic hydroxyl groups is 1. The highest BCUT2D eigenvalue weighted by Gasteiger charge is 2.28. The third-order valence-corrected chi connectivity index (χ3v) is 5.01. The van der Waals surface area contributed by atoms with Crippen LogP contribution in [0.25, 0.3) is 0 Å². The van der Waals surface area contributed by atoms with Gasteiger partial charge in [0.1, 0.15) is 0 Å². The highest BCUT2D eigenvalue weighted by molar-refractivity contribution is 5.81. The van der Waals surface area contributed by atoms with Crippen molar-refractivity contribution in [1.82, 2.24) is 10.2 Å². The molecule has 22 heavy (non-hydrogen) atoms. The maximum Gasteiger partial charge on any atom is 0.237 e. The molecule has 1 atom stereocenters. The van der Waals surface area contributed by atoms with E-state index in [0.29, 0.717) is 19.1 Å².